The summed E-state index contributed by atoms with van der Waals surface area (Å²) in [5, 5.41) is 7.45. The third kappa shape index (κ3) is 5.28. The van der Waals surface area contributed by atoms with E-state index in [-0.39, 0.29) is 18.2 Å². The maximum atomic E-state index is 11.7. The Balaban J connectivity index is 1.58. The molecule has 124 valence electrons. The Morgan fingerprint density at radius 1 is 1.26 bits per heavy atom. The summed E-state index contributed by atoms with van der Waals surface area (Å²) in [7, 11) is 2.01. The highest BCUT2D eigenvalue weighted by atomic mass is 16.2. The first-order valence-electron chi connectivity index (χ1n) is 7.70. The molecule has 1 aliphatic rings. The maximum absolute atomic E-state index is 11.7. The summed E-state index contributed by atoms with van der Waals surface area (Å²) in [5.74, 6) is -0.478. The van der Waals surface area contributed by atoms with Crippen molar-refractivity contribution >= 4 is 23.5 Å². The van der Waals surface area contributed by atoms with Crippen LogP contribution < -0.4 is 20.9 Å². The molecule has 0 spiro atoms. The molecule has 0 aliphatic carbocycles. The van der Waals surface area contributed by atoms with Gasteiger partial charge in [0.25, 0.3) is 5.91 Å². The molecule has 2 rings (SSSR count). The molecule has 1 fully saturated rings. The maximum Gasteiger partial charge on any atom is 0.322 e. The summed E-state index contributed by atoms with van der Waals surface area (Å²) in [6.07, 6.45) is 1.36. The molecule has 7 heteroatoms. The molecular weight excluding hydrogens is 296 g/mol. The van der Waals surface area contributed by atoms with Crippen LogP contribution in [0, 0.1) is 0 Å². The van der Waals surface area contributed by atoms with Gasteiger partial charge in [0.2, 0.25) is 5.91 Å². The number of para-hydroxylation sites is 1. The van der Waals surface area contributed by atoms with E-state index in [1.165, 1.54) is 0 Å². The topological polar surface area (TPSA) is 90.5 Å². The molecule has 1 saturated heterocycles. The Morgan fingerprint density at radius 3 is 2.65 bits per heavy atom. The summed E-state index contributed by atoms with van der Waals surface area (Å²) in [4.78, 5) is 36.2. The van der Waals surface area contributed by atoms with Crippen LogP contribution in [0.2, 0.25) is 0 Å². The van der Waals surface area contributed by atoms with E-state index < -0.39 is 12.1 Å². The van der Waals surface area contributed by atoms with E-state index in [9.17, 15) is 14.4 Å². The van der Waals surface area contributed by atoms with Gasteiger partial charge in [-0.1, -0.05) is 18.2 Å². The third-order valence-corrected chi connectivity index (χ3v) is 3.71. The monoisotopic (exact) mass is 318 g/mol. The van der Waals surface area contributed by atoms with E-state index in [1.54, 1.807) is 0 Å². The van der Waals surface area contributed by atoms with Crippen LogP contribution in [-0.2, 0) is 9.59 Å². The minimum atomic E-state index is -0.600. The molecule has 0 radical (unpaired) electrons. The van der Waals surface area contributed by atoms with Gasteiger partial charge in [-0.3, -0.25) is 14.9 Å². The molecule has 0 bridgehead atoms. The predicted octanol–water partition coefficient (Wildman–Crippen LogP) is 0.617. The number of nitrogens with zero attached hydrogens (tertiary/aromatic N) is 1. The Labute approximate surface area is 135 Å². The Kier molecular flexibility index (Phi) is 5.96. The smallest absolute Gasteiger partial charge is 0.322 e. The molecule has 7 nitrogen and oxygen atoms in total. The standard InChI is InChI=1S/C16H22N4O3/c1-20(12-6-3-2-4-7-12)11-5-10-17-14(21)9-8-13-15(22)19-16(23)18-13/h2-4,6-7,13H,5,8-11H2,1H3,(H,17,21)(H2,18,19,22,23)/t13-/m1/s1. The second kappa shape index (κ2) is 8.17. The second-order valence-corrected chi connectivity index (χ2v) is 5.51. The molecule has 0 saturated carbocycles. The van der Waals surface area contributed by atoms with Crippen molar-refractivity contribution in [3.8, 4) is 0 Å². The first kappa shape index (κ1) is 16.8. The van der Waals surface area contributed by atoms with Crippen molar-refractivity contribution in [3.63, 3.8) is 0 Å². The lowest BCUT2D eigenvalue weighted by Crippen LogP contribution is -2.32. The van der Waals surface area contributed by atoms with E-state index >= 15 is 0 Å². The van der Waals surface area contributed by atoms with Crippen molar-refractivity contribution in [3.05, 3.63) is 30.3 Å². The van der Waals surface area contributed by atoms with E-state index in [0.29, 0.717) is 13.0 Å². The number of nitrogens with one attached hydrogen (secondary N) is 3. The number of urea groups is 1. The molecule has 23 heavy (non-hydrogen) atoms. The fraction of sp³-hybridized carbons (Fsp3) is 0.438. The molecule has 1 aromatic rings. The minimum Gasteiger partial charge on any atom is -0.375 e. The van der Waals surface area contributed by atoms with E-state index in [2.05, 4.69) is 20.9 Å². The van der Waals surface area contributed by atoms with Crippen molar-refractivity contribution in [1.82, 2.24) is 16.0 Å². The third-order valence-electron chi connectivity index (χ3n) is 3.71. The number of carbonyl (C=O) groups excluding carboxylic acids is 3. The lowest BCUT2D eigenvalue weighted by Gasteiger charge is -2.19. The molecule has 0 unspecified atom stereocenters. The second-order valence-electron chi connectivity index (χ2n) is 5.51. The number of amides is 4. The lowest BCUT2D eigenvalue weighted by atomic mass is 10.1. The largest absolute Gasteiger partial charge is 0.375 e. The summed E-state index contributed by atoms with van der Waals surface area (Å²) in [5.41, 5.74) is 1.14. The number of carbonyl (C=O) groups is 3. The fourth-order valence-electron chi connectivity index (χ4n) is 2.38. The number of hydrogen-bond donors (Lipinski definition) is 3. The average molecular weight is 318 g/mol. The van der Waals surface area contributed by atoms with Crippen molar-refractivity contribution in [2.24, 2.45) is 0 Å². The van der Waals surface area contributed by atoms with Crippen LogP contribution in [-0.4, -0.2) is 44.0 Å². The molecule has 1 heterocycles. The molecular formula is C16H22N4O3. The van der Waals surface area contributed by atoms with Crippen molar-refractivity contribution in [2.45, 2.75) is 25.3 Å². The van der Waals surface area contributed by atoms with Crippen LogP contribution in [0.5, 0.6) is 0 Å². The zero-order valence-corrected chi connectivity index (χ0v) is 13.2. The molecule has 1 aliphatic heterocycles. The zero-order chi connectivity index (χ0) is 16.7. The van der Waals surface area contributed by atoms with Gasteiger partial charge in [0.05, 0.1) is 0 Å². The Morgan fingerprint density at radius 2 is 2.00 bits per heavy atom. The normalized spacial score (nSPS) is 16.7. The highest BCUT2D eigenvalue weighted by molar-refractivity contribution is 6.04. The van der Waals surface area contributed by atoms with Gasteiger partial charge >= 0.3 is 6.03 Å². The van der Waals surface area contributed by atoms with Crippen LogP contribution in [0.25, 0.3) is 0 Å². The predicted molar refractivity (Wildman–Crippen MR) is 87.0 cm³/mol. The van der Waals surface area contributed by atoms with Crippen molar-refractivity contribution in [2.75, 3.05) is 25.0 Å². The van der Waals surface area contributed by atoms with Gasteiger partial charge in [-0.05, 0) is 25.0 Å². The number of rotatable bonds is 8. The van der Waals surface area contributed by atoms with Gasteiger partial charge in [-0.25, -0.2) is 4.79 Å². The molecule has 4 amide bonds. The number of benzene rings is 1. The van der Waals surface area contributed by atoms with Crippen LogP contribution in [0.15, 0.2) is 30.3 Å². The van der Waals surface area contributed by atoms with Crippen molar-refractivity contribution in [1.29, 1.82) is 0 Å². The summed E-state index contributed by atoms with van der Waals surface area (Å²) >= 11 is 0. The zero-order valence-electron chi connectivity index (χ0n) is 13.2. The SMILES string of the molecule is CN(CCCNC(=O)CC[C@H]1NC(=O)NC1=O)c1ccccc1. The summed E-state index contributed by atoms with van der Waals surface area (Å²) in [6.45, 7) is 1.42. The van der Waals surface area contributed by atoms with Gasteiger partial charge < -0.3 is 15.5 Å². The van der Waals surface area contributed by atoms with E-state index in [1.807, 2.05) is 37.4 Å². The highest BCUT2D eigenvalue weighted by Gasteiger charge is 2.29. The van der Waals surface area contributed by atoms with Crippen LogP contribution >= 0.6 is 0 Å². The molecule has 1 atom stereocenters. The first-order chi connectivity index (χ1) is 11.1. The first-order valence-corrected chi connectivity index (χ1v) is 7.70. The minimum absolute atomic E-state index is 0.110. The van der Waals surface area contributed by atoms with Crippen LogP contribution in [0.4, 0.5) is 10.5 Å². The Bertz CT molecular complexity index is 562. The molecule has 1 aromatic carbocycles. The van der Waals surface area contributed by atoms with E-state index in [4.69, 9.17) is 0 Å². The number of anilines is 1. The van der Waals surface area contributed by atoms with Gasteiger partial charge in [0.15, 0.2) is 0 Å². The van der Waals surface area contributed by atoms with E-state index in [0.717, 1.165) is 18.7 Å². The number of imide groups is 1. The quantitative estimate of drug-likeness (QED) is 0.484. The van der Waals surface area contributed by atoms with Gasteiger partial charge in [0, 0.05) is 32.2 Å². The number of hydrogen-bond acceptors (Lipinski definition) is 4. The Hall–Kier alpha value is -2.57. The van der Waals surface area contributed by atoms with Crippen molar-refractivity contribution < 1.29 is 14.4 Å². The molecule has 0 aromatic heterocycles. The van der Waals surface area contributed by atoms with Crippen LogP contribution in [0.1, 0.15) is 19.3 Å². The van der Waals surface area contributed by atoms with Crippen LogP contribution in [0.3, 0.4) is 0 Å². The summed E-state index contributed by atoms with van der Waals surface area (Å²) in [6, 6.07) is 8.95. The average Bonchev–Trinajstić information content (AvgIpc) is 2.88. The van der Waals surface area contributed by atoms with Gasteiger partial charge in [-0.15, -0.1) is 0 Å². The highest BCUT2D eigenvalue weighted by Crippen LogP contribution is 2.10. The lowest BCUT2D eigenvalue weighted by molar-refractivity contribution is -0.122. The van der Waals surface area contributed by atoms with Gasteiger partial charge in [-0.2, -0.15) is 0 Å². The summed E-state index contributed by atoms with van der Waals surface area (Å²) < 4.78 is 0. The molecule has 3 N–H and O–H groups in total. The fourth-order valence-corrected chi connectivity index (χ4v) is 2.38. The van der Waals surface area contributed by atoms with Gasteiger partial charge in [0.1, 0.15) is 6.04 Å².